The molecule has 2 N–H and O–H groups in total. The number of allylic oxidation sites excluding steroid dienone is 2. The van der Waals surface area contributed by atoms with Crippen LogP contribution in [0.15, 0.2) is 36.4 Å². The Balaban J connectivity index is 1.48. The van der Waals surface area contributed by atoms with Gasteiger partial charge in [-0.2, -0.15) is 0 Å². The van der Waals surface area contributed by atoms with Crippen molar-refractivity contribution in [2.45, 2.75) is 6.42 Å². The highest BCUT2D eigenvalue weighted by Crippen LogP contribution is 2.52. The largest absolute Gasteiger partial charge is 0.506 e. The van der Waals surface area contributed by atoms with Crippen LogP contribution in [0, 0.1) is 23.7 Å². The molecular formula is C17H16N2O4. The molecule has 0 aromatic heterocycles. The first kappa shape index (κ1) is 14.0. The molecule has 1 aromatic rings. The first-order chi connectivity index (χ1) is 11.1. The van der Waals surface area contributed by atoms with Crippen molar-refractivity contribution in [3.8, 4) is 5.75 Å². The maximum Gasteiger partial charge on any atom is 0.244 e. The van der Waals surface area contributed by atoms with E-state index in [2.05, 4.69) is 5.32 Å². The zero-order chi connectivity index (χ0) is 16.1. The summed E-state index contributed by atoms with van der Waals surface area (Å²) in [4.78, 5) is 38.2. The number of rotatable bonds is 3. The van der Waals surface area contributed by atoms with Crippen molar-refractivity contribution < 1.29 is 19.5 Å². The molecule has 1 saturated heterocycles. The van der Waals surface area contributed by atoms with Crippen molar-refractivity contribution in [3.63, 3.8) is 0 Å². The SMILES string of the molecule is O=C(CN1C(=O)[C@@H]2[C@@H](C1=O)[C@H]1C=C[C@H]2C1)Nc1ccccc1O. The van der Waals surface area contributed by atoms with E-state index in [-0.39, 0.29) is 53.5 Å². The number of carbonyl (C=O) groups excluding carboxylic acids is 3. The number of likely N-dealkylation sites (tertiary alicyclic amines) is 1. The van der Waals surface area contributed by atoms with E-state index in [0.717, 1.165) is 11.3 Å². The maximum atomic E-state index is 12.5. The zero-order valence-corrected chi connectivity index (χ0v) is 12.3. The second-order valence-electron chi connectivity index (χ2n) is 6.33. The number of nitrogens with one attached hydrogen (secondary N) is 1. The lowest BCUT2D eigenvalue weighted by Gasteiger charge is -2.17. The number of aromatic hydroxyl groups is 1. The van der Waals surface area contributed by atoms with Crippen molar-refractivity contribution in [3.05, 3.63) is 36.4 Å². The summed E-state index contributed by atoms with van der Waals surface area (Å²) in [6, 6.07) is 6.33. The first-order valence-electron chi connectivity index (χ1n) is 7.67. The number of hydrogen-bond acceptors (Lipinski definition) is 4. The van der Waals surface area contributed by atoms with Crippen molar-refractivity contribution in [1.29, 1.82) is 0 Å². The number of anilines is 1. The molecule has 3 aliphatic rings. The number of carbonyl (C=O) groups is 3. The quantitative estimate of drug-likeness (QED) is 0.498. The average Bonchev–Trinajstić information content (AvgIpc) is 3.19. The Labute approximate surface area is 132 Å². The average molecular weight is 312 g/mol. The van der Waals surface area contributed by atoms with Crippen LogP contribution in [-0.2, 0) is 14.4 Å². The normalized spacial score (nSPS) is 30.9. The molecule has 118 valence electrons. The second-order valence-corrected chi connectivity index (χ2v) is 6.33. The Morgan fingerprint density at radius 1 is 1.13 bits per heavy atom. The molecule has 4 atom stereocenters. The fourth-order valence-corrected chi connectivity index (χ4v) is 4.03. The summed E-state index contributed by atoms with van der Waals surface area (Å²) in [7, 11) is 0. The molecule has 1 aliphatic heterocycles. The number of benzene rings is 1. The van der Waals surface area contributed by atoms with Crippen molar-refractivity contribution in [2.75, 3.05) is 11.9 Å². The molecule has 0 radical (unpaired) electrons. The van der Waals surface area contributed by atoms with Gasteiger partial charge in [0.05, 0.1) is 17.5 Å². The predicted octanol–water partition coefficient (Wildman–Crippen LogP) is 1.14. The van der Waals surface area contributed by atoms with Gasteiger partial charge in [0.1, 0.15) is 12.3 Å². The number of phenolic OH excluding ortho intramolecular Hbond substituents is 1. The summed E-state index contributed by atoms with van der Waals surface area (Å²) >= 11 is 0. The number of fused-ring (bicyclic) bond motifs is 5. The minimum absolute atomic E-state index is 0.0564. The molecule has 1 heterocycles. The summed E-state index contributed by atoms with van der Waals surface area (Å²) in [6.45, 7) is -0.307. The number of hydrogen-bond donors (Lipinski definition) is 2. The lowest BCUT2D eigenvalue weighted by molar-refractivity contribution is -0.143. The van der Waals surface area contributed by atoms with Gasteiger partial charge in [-0.05, 0) is 30.4 Å². The molecular weight excluding hydrogens is 296 g/mol. The van der Waals surface area contributed by atoms with E-state index in [0.29, 0.717) is 0 Å². The van der Waals surface area contributed by atoms with Gasteiger partial charge >= 0.3 is 0 Å². The van der Waals surface area contributed by atoms with Crippen LogP contribution in [0.4, 0.5) is 5.69 Å². The van der Waals surface area contributed by atoms with Crippen LogP contribution in [0.25, 0.3) is 0 Å². The number of phenols is 1. The minimum Gasteiger partial charge on any atom is -0.506 e. The van der Waals surface area contributed by atoms with Crippen LogP contribution in [0.1, 0.15) is 6.42 Å². The van der Waals surface area contributed by atoms with Crippen LogP contribution in [0.3, 0.4) is 0 Å². The van der Waals surface area contributed by atoms with Gasteiger partial charge in [-0.1, -0.05) is 24.3 Å². The van der Waals surface area contributed by atoms with Crippen molar-refractivity contribution in [2.24, 2.45) is 23.7 Å². The van der Waals surface area contributed by atoms with Gasteiger partial charge in [-0.3, -0.25) is 19.3 Å². The van der Waals surface area contributed by atoms with E-state index >= 15 is 0 Å². The van der Waals surface area contributed by atoms with E-state index in [1.165, 1.54) is 6.07 Å². The van der Waals surface area contributed by atoms with E-state index in [4.69, 9.17) is 0 Å². The third kappa shape index (κ3) is 2.05. The molecule has 6 heteroatoms. The third-order valence-corrected chi connectivity index (χ3v) is 5.04. The highest BCUT2D eigenvalue weighted by atomic mass is 16.3. The van der Waals surface area contributed by atoms with Crippen LogP contribution in [0.2, 0.25) is 0 Å². The smallest absolute Gasteiger partial charge is 0.244 e. The molecule has 2 aliphatic carbocycles. The summed E-state index contributed by atoms with van der Waals surface area (Å²) < 4.78 is 0. The Bertz CT molecular complexity index is 712. The summed E-state index contributed by atoms with van der Waals surface area (Å²) in [5, 5.41) is 12.2. The molecule has 0 unspecified atom stereocenters. The highest BCUT2D eigenvalue weighted by molar-refractivity contribution is 6.09. The molecule has 4 rings (SSSR count). The van der Waals surface area contributed by atoms with Crippen LogP contribution < -0.4 is 5.32 Å². The van der Waals surface area contributed by atoms with Gasteiger partial charge in [0, 0.05) is 0 Å². The number of imide groups is 1. The van der Waals surface area contributed by atoms with E-state index < -0.39 is 5.91 Å². The van der Waals surface area contributed by atoms with Gasteiger partial charge in [-0.25, -0.2) is 0 Å². The molecule has 1 aromatic carbocycles. The molecule has 3 amide bonds. The standard InChI is InChI=1S/C17H16N2O4/c20-12-4-2-1-3-11(12)18-13(21)8-19-16(22)14-9-5-6-10(7-9)15(14)17(19)23/h1-6,9-10,14-15,20H,7-8H2,(H,18,21)/t9-,10-,14-,15-/m0/s1. The molecule has 2 fully saturated rings. The third-order valence-electron chi connectivity index (χ3n) is 5.04. The maximum absolute atomic E-state index is 12.5. The van der Waals surface area contributed by atoms with E-state index in [9.17, 15) is 19.5 Å². The zero-order valence-electron chi connectivity index (χ0n) is 12.3. The summed E-state index contributed by atoms with van der Waals surface area (Å²) in [5.74, 6) is -1.37. The van der Waals surface area contributed by atoms with Crippen LogP contribution in [0.5, 0.6) is 5.75 Å². The molecule has 0 spiro atoms. The van der Waals surface area contributed by atoms with Gasteiger partial charge < -0.3 is 10.4 Å². The lowest BCUT2D eigenvalue weighted by atomic mass is 9.85. The number of amides is 3. The molecule has 23 heavy (non-hydrogen) atoms. The second kappa shape index (κ2) is 4.94. The summed E-state index contributed by atoms with van der Waals surface area (Å²) in [5.41, 5.74) is 0.263. The minimum atomic E-state index is -0.492. The highest BCUT2D eigenvalue weighted by Gasteiger charge is 2.59. The van der Waals surface area contributed by atoms with Gasteiger partial charge in [0.2, 0.25) is 17.7 Å². The lowest BCUT2D eigenvalue weighted by Crippen LogP contribution is -2.39. The summed E-state index contributed by atoms with van der Waals surface area (Å²) in [6.07, 6.45) is 4.90. The Morgan fingerprint density at radius 3 is 2.35 bits per heavy atom. The van der Waals surface area contributed by atoms with Crippen LogP contribution in [-0.4, -0.2) is 34.3 Å². The fourth-order valence-electron chi connectivity index (χ4n) is 4.03. The van der Waals surface area contributed by atoms with Gasteiger partial charge in [-0.15, -0.1) is 0 Å². The Kier molecular flexibility index (Phi) is 3.01. The first-order valence-corrected chi connectivity index (χ1v) is 7.67. The Morgan fingerprint density at radius 2 is 1.74 bits per heavy atom. The van der Waals surface area contributed by atoms with E-state index in [1.807, 2.05) is 12.2 Å². The van der Waals surface area contributed by atoms with Crippen LogP contribution >= 0.6 is 0 Å². The van der Waals surface area contributed by atoms with Crippen molar-refractivity contribution >= 4 is 23.4 Å². The van der Waals surface area contributed by atoms with Gasteiger partial charge in [0.25, 0.3) is 0 Å². The fraction of sp³-hybridized carbons (Fsp3) is 0.353. The van der Waals surface area contributed by atoms with Gasteiger partial charge in [0.15, 0.2) is 0 Å². The molecule has 6 nitrogen and oxygen atoms in total. The predicted molar refractivity (Wildman–Crippen MR) is 81.2 cm³/mol. The van der Waals surface area contributed by atoms with E-state index in [1.54, 1.807) is 18.2 Å². The number of nitrogens with zero attached hydrogens (tertiary/aromatic N) is 1. The molecule has 2 bridgehead atoms. The number of para-hydroxylation sites is 2. The van der Waals surface area contributed by atoms with Crippen molar-refractivity contribution in [1.82, 2.24) is 4.90 Å². The Hall–Kier alpha value is -2.63. The topological polar surface area (TPSA) is 86.7 Å². The monoisotopic (exact) mass is 312 g/mol. The molecule has 1 saturated carbocycles.